The molecule has 0 bridgehead atoms. The Hall–Kier alpha value is -2.73. The van der Waals surface area contributed by atoms with Crippen LogP contribution in [-0.2, 0) is 13.1 Å². The maximum atomic E-state index is 12.2. The van der Waals surface area contributed by atoms with E-state index < -0.39 is 7.12 Å². The van der Waals surface area contributed by atoms with Crippen LogP contribution in [0.25, 0.3) is 16.8 Å². The topological polar surface area (TPSA) is 60.8 Å². The molecule has 3 aromatic rings. The van der Waals surface area contributed by atoms with Gasteiger partial charge >= 0.3 is 7.12 Å². The monoisotopic (exact) mass is 357 g/mol. The van der Waals surface area contributed by atoms with Crippen LogP contribution in [0.5, 0.6) is 0 Å². The molecule has 0 saturated carbocycles. The maximum absolute atomic E-state index is 12.2. The Morgan fingerprint density at radius 3 is 2.48 bits per heavy atom. The highest BCUT2D eigenvalue weighted by molar-refractivity contribution is 6.59. The van der Waals surface area contributed by atoms with Crippen LogP contribution in [0, 0.1) is 0 Å². The smallest absolute Gasteiger partial charge is 0.423 e. The van der Waals surface area contributed by atoms with E-state index in [1.165, 1.54) is 0 Å². The number of benzene rings is 3. The van der Waals surface area contributed by atoms with Gasteiger partial charge in [0.2, 0.25) is 0 Å². The molecule has 0 atom stereocenters. The van der Waals surface area contributed by atoms with E-state index in [2.05, 4.69) is 23.1 Å². The van der Waals surface area contributed by atoms with Crippen LogP contribution < -0.4 is 5.46 Å². The van der Waals surface area contributed by atoms with Gasteiger partial charge in [0.05, 0.1) is 0 Å². The van der Waals surface area contributed by atoms with Gasteiger partial charge in [-0.25, -0.2) is 0 Å². The normalized spacial score (nSPS) is 12.8. The third-order valence-corrected chi connectivity index (χ3v) is 5.06. The van der Waals surface area contributed by atoms with Crippen molar-refractivity contribution < 1.29 is 14.8 Å². The van der Waals surface area contributed by atoms with Crippen molar-refractivity contribution in [3.8, 4) is 0 Å². The quantitative estimate of drug-likeness (QED) is 0.689. The van der Waals surface area contributed by atoms with Gasteiger partial charge in [0, 0.05) is 24.0 Å². The zero-order valence-electron chi connectivity index (χ0n) is 15.1. The molecule has 0 amide bonds. The zero-order valence-corrected chi connectivity index (χ0v) is 15.1. The van der Waals surface area contributed by atoms with E-state index in [1.807, 2.05) is 37.4 Å². The first-order chi connectivity index (χ1) is 13.0. The van der Waals surface area contributed by atoms with Crippen LogP contribution in [-0.4, -0.2) is 34.9 Å². The number of carbonyl (C=O) groups is 1. The van der Waals surface area contributed by atoms with Gasteiger partial charge < -0.3 is 10.0 Å². The molecule has 0 aliphatic heterocycles. The number of carbonyl (C=O) groups excluding carboxylic acids is 1. The van der Waals surface area contributed by atoms with Gasteiger partial charge in [0.25, 0.3) is 0 Å². The summed E-state index contributed by atoms with van der Waals surface area (Å²) in [5.74, 6) is 0.0458. The van der Waals surface area contributed by atoms with Gasteiger partial charge in [0.1, 0.15) is 0 Å². The third-order valence-electron chi connectivity index (χ3n) is 5.06. The predicted molar refractivity (Wildman–Crippen MR) is 109 cm³/mol. The minimum Gasteiger partial charge on any atom is -0.423 e. The summed E-state index contributed by atoms with van der Waals surface area (Å²) in [4.78, 5) is 14.3. The molecule has 2 N–H and O–H groups in total. The highest BCUT2D eigenvalue weighted by atomic mass is 16.4. The summed E-state index contributed by atoms with van der Waals surface area (Å²) in [6, 6.07) is 17.4. The summed E-state index contributed by atoms with van der Waals surface area (Å²) in [5.41, 5.74) is 4.37. The van der Waals surface area contributed by atoms with Crippen molar-refractivity contribution in [1.82, 2.24) is 4.90 Å². The Labute approximate surface area is 158 Å². The van der Waals surface area contributed by atoms with Crippen molar-refractivity contribution in [3.63, 3.8) is 0 Å². The van der Waals surface area contributed by atoms with Gasteiger partial charge in [-0.05, 0) is 40.7 Å². The Morgan fingerprint density at radius 2 is 1.67 bits per heavy atom. The highest BCUT2D eigenvalue weighted by Gasteiger charge is 2.18. The van der Waals surface area contributed by atoms with Gasteiger partial charge in [0.15, 0.2) is 5.78 Å². The van der Waals surface area contributed by atoms with E-state index in [1.54, 1.807) is 18.2 Å². The molecule has 0 saturated heterocycles. The van der Waals surface area contributed by atoms with E-state index in [-0.39, 0.29) is 5.78 Å². The van der Waals surface area contributed by atoms with Gasteiger partial charge in [-0.2, -0.15) is 0 Å². The summed E-state index contributed by atoms with van der Waals surface area (Å²) in [7, 11) is 0.522. The molecule has 0 spiro atoms. The Balaban J connectivity index is 1.65. The second-order valence-corrected chi connectivity index (χ2v) is 6.98. The highest BCUT2D eigenvalue weighted by Crippen LogP contribution is 2.31. The molecule has 0 fully saturated rings. The van der Waals surface area contributed by atoms with Crippen molar-refractivity contribution in [2.24, 2.45) is 0 Å². The summed E-state index contributed by atoms with van der Waals surface area (Å²) in [6.45, 7) is 1.28. The van der Waals surface area contributed by atoms with Crippen molar-refractivity contribution in [3.05, 3.63) is 82.9 Å². The third kappa shape index (κ3) is 3.33. The first kappa shape index (κ1) is 17.7. The molecule has 4 nitrogen and oxygen atoms in total. The Morgan fingerprint density at radius 1 is 0.889 bits per heavy atom. The lowest BCUT2D eigenvalue weighted by atomic mass is 9.77. The molecule has 1 aliphatic carbocycles. The molecule has 3 aromatic carbocycles. The first-order valence-electron chi connectivity index (χ1n) is 8.94. The van der Waals surface area contributed by atoms with Gasteiger partial charge in [-0.3, -0.25) is 9.69 Å². The molecule has 0 heterocycles. The number of ketones is 1. The van der Waals surface area contributed by atoms with Crippen LogP contribution in [0.15, 0.2) is 60.7 Å². The Bertz CT molecular complexity index is 1060. The molecular formula is C22H20BNO3. The number of hydrogen-bond donors (Lipinski definition) is 2. The summed E-state index contributed by atoms with van der Waals surface area (Å²) < 4.78 is 0. The molecule has 27 heavy (non-hydrogen) atoms. The molecule has 1 aliphatic rings. The number of nitrogens with zero attached hydrogens (tertiary/aromatic N) is 1. The van der Waals surface area contributed by atoms with E-state index in [0.717, 1.165) is 33.0 Å². The number of allylic oxidation sites excluding steroid dienone is 1. The van der Waals surface area contributed by atoms with E-state index in [4.69, 9.17) is 0 Å². The largest absolute Gasteiger partial charge is 0.488 e. The fraction of sp³-hybridized carbons (Fsp3) is 0.136. The maximum Gasteiger partial charge on any atom is 0.488 e. The second kappa shape index (κ2) is 7.12. The SMILES string of the molecule is CN(Cc1ccccc1B(O)O)Cc1ccc2c3c(cccc13)C(=O)C=C2. The van der Waals surface area contributed by atoms with E-state index >= 15 is 0 Å². The minimum absolute atomic E-state index is 0.0458. The lowest BCUT2D eigenvalue weighted by Gasteiger charge is -2.21. The van der Waals surface area contributed by atoms with Crippen LogP contribution in [0.3, 0.4) is 0 Å². The molecule has 4 rings (SSSR count). The number of rotatable bonds is 5. The lowest BCUT2D eigenvalue weighted by molar-refractivity contribution is 0.104. The van der Waals surface area contributed by atoms with Crippen molar-refractivity contribution >= 4 is 35.2 Å². The summed E-state index contributed by atoms with van der Waals surface area (Å²) >= 11 is 0. The molecular weight excluding hydrogens is 337 g/mol. The molecule has 0 radical (unpaired) electrons. The number of hydrogen-bond acceptors (Lipinski definition) is 4. The van der Waals surface area contributed by atoms with Crippen LogP contribution in [0.1, 0.15) is 27.0 Å². The summed E-state index contributed by atoms with van der Waals surface area (Å²) in [5, 5.41) is 21.2. The van der Waals surface area contributed by atoms with Crippen molar-refractivity contribution in [2.45, 2.75) is 13.1 Å². The standard InChI is InChI=1S/C22H20BNO3/c1-24(14-17-5-2-3-8-20(17)23(26)27)13-16-10-9-15-11-12-21(25)19-7-4-6-18(16)22(15)19/h2-12,26-27H,13-14H2,1H3. The lowest BCUT2D eigenvalue weighted by Crippen LogP contribution is -2.34. The fourth-order valence-corrected chi connectivity index (χ4v) is 3.80. The average molecular weight is 357 g/mol. The Kier molecular flexibility index (Phi) is 4.66. The molecule has 5 heteroatoms. The fourth-order valence-electron chi connectivity index (χ4n) is 3.80. The molecule has 0 aromatic heterocycles. The molecule has 134 valence electrons. The second-order valence-electron chi connectivity index (χ2n) is 6.98. The zero-order chi connectivity index (χ0) is 19.0. The van der Waals surface area contributed by atoms with Crippen LogP contribution in [0.2, 0.25) is 0 Å². The van der Waals surface area contributed by atoms with Gasteiger partial charge in [-0.1, -0.05) is 60.7 Å². The molecule has 0 unspecified atom stereocenters. The van der Waals surface area contributed by atoms with Crippen molar-refractivity contribution in [1.29, 1.82) is 0 Å². The van der Waals surface area contributed by atoms with Crippen LogP contribution in [0.4, 0.5) is 0 Å². The van der Waals surface area contributed by atoms with Crippen molar-refractivity contribution in [2.75, 3.05) is 7.05 Å². The predicted octanol–water partition coefficient (Wildman–Crippen LogP) is 2.36. The first-order valence-corrected chi connectivity index (χ1v) is 8.94. The van der Waals surface area contributed by atoms with Crippen LogP contribution >= 0.6 is 0 Å². The van der Waals surface area contributed by atoms with E-state index in [0.29, 0.717) is 18.6 Å². The summed E-state index contributed by atoms with van der Waals surface area (Å²) in [6.07, 6.45) is 3.50. The minimum atomic E-state index is -1.48. The van der Waals surface area contributed by atoms with Gasteiger partial charge in [-0.15, -0.1) is 0 Å². The average Bonchev–Trinajstić information content (AvgIpc) is 2.66. The van der Waals surface area contributed by atoms with E-state index in [9.17, 15) is 14.8 Å².